The molecule has 1 aliphatic heterocycles. The number of aromatic nitrogens is 2. The van der Waals surface area contributed by atoms with Crippen molar-refractivity contribution in [1.29, 1.82) is 0 Å². The first-order valence-electron chi connectivity index (χ1n) is 5.44. The molecule has 9 heteroatoms. The smallest absolute Gasteiger partial charge is 0.346 e. The van der Waals surface area contributed by atoms with Crippen LogP contribution < -0.4 is 5.32 Å². The van der Waals surface area contributed by atoms with Crippen LogP contribution in [0.3, 0.4) is 0 Å². The first-order valence-corrected chi connectivity index (χ1v) is 5.44. The van der Waals surface area contributed by atoms with Gasteiger partial charge in [0, 0.05) is 20.0 Å². The van der Waals surface area contributed by atoms with Crippen LogP contribution in [0.15, 0.2) is 6.33 Å². The topological polar surface area (TPSA) is 78.1 Å². The number of alkyl halides is 3. The Hall–Kier alpha value is -2.06. The van der Waals surface area contributed by atoms with Gasteiger partial charge in [-0.3, -0.25) is 9.59 Å². The Morgan fingerprint density at radius 1 is 1.58 bits per heavy atom. The van der Waals surface area contributed by atoms with E-state index in [1.807, 2.05) is 4.98 Å². The molecule has 1 unspecified atom stereocenters. The molecule has 0 aromatic carbocycles. The number of nitrogens with one attached hydrogen (secondary N) is 2. The van der Waals surface area contributed by atoms with E-state index in [0.717, 1.165) is 6.33 Å². The number of amides is 2. The van der Waals surface area contributed by atoms with Gasteiger partial charge < -0.3 is 15.2 Å². The lowest BCUT2D eigenvalue weighted by Crippen LogP contribution is -2.37. The van der Waals surface area contributed by atoms with Gasteiger partial charge in [0.1, 0.15) is 0 Å². The van der Waals surface area contributed by atoms with Crippen LogP contribution in [0, 0.1) is 0 Å². The van der Waals surface area contributed by atoms with Crippen LogP contribution in [0.1, 0.15) is 22.6 Å². The van der Waals surface area contributed by atoms with Crippen LogP contribution in [-0.2, 0) is 11.0 Å². The second-order valence-corrected chi connectivity index (χ2v) is 4.27. The summed E-state index contributed by atoms with van der Waals surface area (Å²) in [6.45, 7) is 0.274. The van der Waals surface area contributed by atoms with Crippen molar-refractivity contribution in [2.75, 3.05) is 13.6 Å². The maximum Gasteiger partial charge on any atom is 0.433 e. The molecule has 1 aliphatic rings. The molecule has 1 aromatic heterocycles. The zero-order valence-corrected chi connectivity index (χ0v) is 9.91. The normalized spacial score (nSPS) is 19.9. The minimum absolute atomic E-state index is 0.0774. The molecule has 1 aromatic rings. The van der Waals surface area contributed by atoms with E-state index in [4.69, 9.17) is 0 Å². The number of carbonyl (C=O) groups excluding carboxylic acids is 2. The molecule has 2 amide bonds. The highest BCUT2D eigenvalue weighted by Crippen LogP contribution is 2.29. The number of likely N-dealkylation sites (tertiary alicyclic amines) is 1. The van der Waals surface area contributed by atoms with Crippen molar-refractivity contribution < 1.29 is 22.8 Å². The molecular formula is C10H11F3N4O2. The molecule has 1 fully saturated rings. The first kappa shape index (κ1) is 13.4. The zero-order valence-electron chi connectivity index (χ0n) is 9.91. The molecule has 0 bridgehead atoms. The average molecular weight is 276 g/mol. The second-order valence-electron chi connectivity index (χ2n) is 4.27. The lowest BCUT2D eigenvalue weighted by atomic mass is 10.2. The second kappa shape index (κ2) is 4.56. The maximum atomic E-state index is 12.6. The molecule has 2 heterocycles. The molecule has 2 N–H and O–H groups in total. The first-order chi connectivity index (χ1) is 8.79. The lowest BCUT2D eigenvalue weighted by Gasteiger charge is -2.12. The Kier molecular flexibility index (Phi) is 3.21. The summed E-state index contributed by atoms with van der Waals surface area (Å²) < 4.78 is 37.7. The van der Waals surface area contributed by atoms with Crippen LogP contribution >= 0.6 is 0 Å². The Morgan fingerprint density at radius 3 is 2.79 bits per heavy atom. The molecular weight excluding hydrogens is 265 g/mol. The molecule has 0 aliphatic carbocycles. The summed E-state index contributed by atoms with van der Waals surface area (Å²) >= 11 is 0. The van der Waals surface area contributed by atoms with E-state index in [-0.39, 0.29) is 18.9 Å². The summed E-state index contributed by atoms with van der Waals surface area (Å²) in [5.41, 5.74) is -1.91. The Bertz CT molecular complexity index is 511. The summed E-state index contributed by atoms with van der Waals surface area (Å²) in [6.07, 6.45) is -3.79. The highest BCUT2D eigenvalue weighted by atomic mass is 19.4. The summed E-state index contributed by atoms with van der Waals surface area (Å²) in [5, 5.41) is 2.37. The van der Waals surface area contributed by atoms with E-state index in [0.29, 0.717) is 0 Å². The highest BCUT2D eigenvalue weighted by Gasteiger charge is 2.38. The average Bonchev–Trinajstić information content (AvgIpc) is 2.86. The van der Waals surface area contributed by atoms with Gasteiger partial charge in [0.25, 0.3) is 5.91 Å². The summed E-state index contributed by atoms with van der Waals surface area (Å²) in [5.74, 6) is -1.11. The highest BCUT2D eigenvalue weighted by molar-refractivity contribution is 5.94. The van der Waals surface area contributed by atoms with Gasteiger partial charge in [0.05, 0.1) is 12.4 Å². The van der Waals surface area contributed by atoms with Gasteiger partial charge in [0.15, 0.2) is 11.4 Å². The fourth-order valence-corrected chi connectivity index (χ4v) is 1.90. The SMILES string of the molecule is CN1CC(NC(=O)c2nc[nH]c2C(F)(F)F)CC1=O. The van der Waals surface area contributed by atoms with Crippen LogP contribution in [0.4, 0.5) is 13.2 Å². The van der Waals surface area contributed by atoms with Crippen LogP contribution in [0.5, 0.6) is 0 Å². The van der Waals surface area contributed by atoms with Crippen molar-refractivity contribution in [3.05, 3.63) is 17.7 Å². The Balaban J connectivity index is 2.09. The van der Waals surface area contributed by atoms with E-state index >= 15 is 0 Å². The van der Waals surface area contributed by atoms with Crippen molar-refractivity contribution in [2.24, 2.45) is 0 Å². The summed E-state index contributed by atoms with van der Waals surface area (Å²) in [4.78, 5) is 29.6. The molecule has 104 valence electrons. The van der Waals surface area contributed by atoms with Gasteiger partial charge >= 0.3 is 6.18 Å². The number of imidazole rings is 1. The van der Waals surface area contributed by atoms with E-state index in [1.165, 1.54) is 4.90 Å². The Morgan fingerprint density at radius 2 is 2.26 bits per heavy atom. The van der Waals surface area contributed by atoms with Crippen LogP contribution in [0.25, 0.3) is 0 Å². The van der Waals surface area contributed by atoms with Gasteiger partial charge in [0.2, 0.25) is 5.91 Å². The van der Waals surface area contributed by atoms with E-state index in [9.17, 15) is 22.8 Å². The predicted octanol–water partition coefficient (Wildman–Crippen LogP) is 0.389. The van der Waals surface area contributed by atoms with Crippen molar-refractivity contribution in [3.63, 3.8) is 0 Å². The number of nitrogens with zero attached hydrogens (tertiary/aromatic N) is 2. The minimum Gasteiger partial charge on any atom is -0.346 e. The molecule has 0 radical (unpaired) electrons. The van der Waals surface area contributed by atoms with Gasteiger partial charge in [-0.25, -0.2) is 4.98 Å². The number of hydrogen-bond acceptors (Lipinski definition) is 3. The maximum absolute atomic E-state index is 12.6. The van der Waals surface area contributed by atoms with E-state index < -0.39 is 29.5 Å². The third-order valence-electron chi connectivity index (χ3n) is 2.81. The molecule has 2 rings (SSSR count). The zero-order chi connectivity index (χ0) is 14.2. The van der Waals surface area contributed by atoms with E-state index in [1.54, 1.807) is 7.05 Å². The number of rotatable bonds is 2. The standard InChI is InChI=1S/C10H11F3N4O2/c1-17-3-5(2-6(17)18)16-9(19)7-8(10(11,12)13)15-4-14-7/h4-5H,2-3H2,1H3,(H,14,15)(H,16,19). The number of carbonyl (C=O) groups is 2. The molecule has 1 saturated heterocycles. The largest absolute Gasteiger partial charge is 0.433 e. The van der Waals surface area contributed by atoms with E-state index in [2.05, 4.69) is 10.3 Å². The number of likely N-dealkylation sites (N-methyl/N-ethyl adjacent to an activating group) is 1. The minimum atomic E-state index is -4.68. The number of aromatic amines is 1. The molecule has 6 nitrogen and oxygen atoms in total. The van der Waals surface area contributed by atoms with Crippen molar-refractivity contribution >= 4 is 11.8 Å². The van der Waals surface area contributed by atoms with Gasteiger partial charge in [-0.2, -0.15) is 13.2 Å². The van der Waals surface area contributed by atoms with Gasteiger partial charge in [-0.15, -0.1) is 0 Å². The van der Waals surface area contributed by atoms with Crippen LogP contribution in [-0.4, -0.2) is 46.3 Å². The van der Waals surface area contributed by atoms with Gasteiger partial charge in [-0.05, 0) is 0 Å². The molecule has 0 saturated carbocycles. The van der Waals surface area contributed by atoms with Crippen LogP contribution in [0.2, 0.25) is 0 Å². The number of hydrogen-bond donors (Lipinski definition) is 2. The number of halogens is 3. The Labute approximate surface area is 106 Å². The lowest BCUT2D eigenvalue weighted by molar-refractivity contribution is -0.141. The summed E-state index contributed by atoms with van der Waals surface area (Å²) in [6, 6.07) is -0.497. The monoisotopic (exact) mass is 276 g/mol. The number of H-pyrrole nitrogens is 1. The third-order valence-corrected chi connectivity index (χ3v) is 2.81. The van der Waals surface area contributed by atoms with Gasteiger partial charge in [-0.1, -0.05) is 0 Å². The summed E-state index contributed by atoms with van der Waals surface area (Å²) in [7, 11) is 1.56. The molecule has 0 spiro atoms. The predicted molar refractivity (Wildman–Crippen MR) is 57.1 cm³/mol. The fraction of sp³-hybridized carbons (Fsp3) is 0.500. The van der Waals surface area contributed by atoms with Crippen molar-refractivity contribution in [1.82, 2.24) is 20.2 Å². The third kappa shape index (κ3) is 2.69. The van der Waals surface area contributed by atoms with Crippen molar-refractivity contribution in [3.8, 4) is 0 Å². The molecule has 1 atom stereocenters. The molecule has 19 heavy (non-hydrogen) atoms. The van der Waals surface area contributed by atoms with Crippen molar-refractivity contribution in [2.45, 2.75) is 18.6 Å². The fourth-order valence-electron chi connectivity index (χ4n) is 1.90. The quantitative estimate of drug-likeness (QED) is 0.820.